The summed E-state index contributed by atoms with van der Waals surface area (Å²) in [5, 5.41) is 2.57. The number of amides is 2. The molecule has 3 rings (SSSR count). The van der Waals surface area contributed by atoms with Gasteiger partial charge in [-0.25, -0.2) is 8.42 Å². The monoisotopic (exact) mass is 585 g/mol. The zero-order chi connectivity index (χ0) is 29.3. The highest BCUT2D eigenvalue weighted by Crippen LogP contribution is 2.28. The lowest BCUT2D eigenvalue weighted by Gasteiger charge is -2.32. The van der Waals surface area contributed by atoms with Gasteiger partial charge in [0.1, 0.15) is 24.1 Å². The topological polar surface area (TPSA) is 105 Å². The van der Waals surface area contributed by atoms with E-state index in [4.69, 9.17) is 9.47 Å². The molecule has 11 heteroatoms. The van der Waals surface area contributed by atoms with Crippen LogP contribution in [0, 0.1) is 0 Å². The van der Waals surface area contributed by atoms with Gasteiger partial charge in [0, 0.05) is 18.5 Å². The zero-order valence-electron chi connectivity index (χ0n) is 23.3. The number of nitrogens with zero attached hydrogens (tertiary/aromatic N) is 2. The summed E-state index contributed by atoms with van der Waals surface area (Å²) in [5.41, 5.74) is 1.02. The van der Waals surface area contributed by atoms with Crippen LogP contribution in [0.2, 0.25) is 0 Å². The second-order valence-electron chi connectivity index (χ2n) is 8.78. The van der Waals surface area contributed by atoms with E-state index in [-0.39, 0.29) is 17.3 Å². The second kappa shape index (κ2) is 14.1. The van der Waals surface area contributed by atoms with Gasteiger partial charge in [-0.3, -0.25) is 13.9 Å². The molecule has 0 bridgehead atoms. The number of thioether (sulfide) groups is 1. The highest BCUT2D eigenvalue weighted by Gasteiger charge is 2.32. The number of likely N-dealkylation sites (N-methyl/N-ethyl adjacent to an activating group) is 1. The van der Waals surface area contributed by atoms with Crippen molar-refractivity contribution in [1.82, 2.24) is 10.2 Å². The van der Waals surface area contributed by atoms with Gasteiger partial charge < -0.3 is 19.7 Å². The molecule has 0 radical (unpaired) electrons. The van der Waals surface area contributed by atoms with E-state index < -0.39 is 28.5 Å². The molecule has 1 unspecified atom stereocenters. The van der Waals surface area contributed by atoms with E-state index in [1.165, 1.54) is 35.8 Å². The summed E-state index contributed by atoms with van der Waals surface area (Å²) in [5.74, 6) is 0.258. The van der Waals surface area contributed by atoms with Crippen LogP contribution in [-0.2, 0) is 26.2 Å². The number of anilines is 1. The van der Waals surface area contributed by atoms with E-state index in [1.807, 2.05) is 19.2 Å². The zero-order valence-corrected chi connectivity index (χ0v) is 24.9. The third-order valence-electron chi connectivity index (χ3n) is 6.26. The summed E-state index contributed by atoms with van der Waals surface area (Å²) in [6.45, 7) is 3.47. The fraction of sp³-hybridized carbons (Fsp3) is 0.310. The third kappa shape index (κ3) is 7.48. The van der Waals surface area contributed by atoms with E-state index in [2.05, 4.69) is 5.32 Å². The van der Waals surface area contributed by atoms with E-state index in [0.29, 0.717) is 23.8 Å². The summed E-state index contributed by atoms with van der Waals surface area (Å²) >= 11 is 1.50. The van der Waals surface area contributed by atoms with Crippen molar-refractivity contribution < 1.29 is 27.5 Å². The molecule has 0 saturated heterocycles. The minimum atomic E-state index is -4.15. The Balaban J connectivity index is 2.03. The van der Waals surface area contributed by atoms with E-state index in [0.717, 1.165) is 14.8 Å². The highest BCUT2D eigenvalue weighted by molar-refractivity contribution is 7.98. The molecule has 0 saturated carbocycles. The molecule has 0 aliphatic carbocycles. The summed E-state index contributed by atoms with van der Waals surface area (Å²) in [4.78, 5) is 28.8. The Morgan fingerprint density at radius 1 is 1.00 bits per heavy atom. The van der Waals surface area contributed by atoms with Gasteiger partial charge >= 0.3 is 0 Å². The largest absolute Gasteiger partial charge is 0.497 e. The molecule has 40 heavy (non-hydrogen) atoms. The summed E-state index contributed by atoms with van der Waals surface area (Å²) in [6, 6.07) is 19.3. The number of hydrogen-bond acceptors (Lipinski definition) is 7. The van der Waals surface area contributed by atoms with E-state index in [1.54, 1.807) is 68.6 Å². The van der Waals surface area contributed by atoms with Crippen LogP contribution in [0.1, 0.15) is 19.4 Å². The third-order valence-corrected chi connectivity index (χ3v) is 8.79. The minimum Gasteiger partial charge on any atom is -0.497 e. The summed E-state index contributed by atoms with van der Waals surface area (Å²) in [7, 11) is -1.12. The van der Waals surface area contributed by atoms with Crippen LogP contribution in [0.15, 0.2) is 82.6 Å². The van der Waals surface area contributed by atoms with Crippen molar-refractivity contribution in [1.29, 1.82) is 0 Å². The SMILES string of the molecule is CCOc1ccc(N(CC(=O)N(Cc2cccc(OC)c2)C(C)C(=O)NC)S(=O)(=O)c2ccc(SC)cc2)cc1. The van der Waals surface area contributed by atoms with Crippen LogP contribution >= 0.6 is 11.8 Å². The first-order valence-electron chi connectivity index (χ1n) is 12.7. The Labute approximate surface area is 240 Å². The fourth-order valence-electron chi connectivity index (χ4n) is 4.04. The Bertz CT molecular complexity index is 1400. The quantitative estimate of drug-likeness (QED) is 0.300. The molecular weight excluding hydrogens is 550 g/mol. The average Bonchev–Trinajstić information content (AvgIpc) is 2.98. The fourth-order valence-corrected chi connectivity index (χ4v) is 5.86. The number of nitrogens with one attached hydrogen (secondary N) is 1. The molecule has 3 aromatic rings. The molecule has 1 N–H and O–H groups in total. The van der Waals surface area contributed by atoms with Crippen LogP contribution < -0.4 is 19.1 Å². The van der Waals surface area contributed by atoms with Gasteiger partial charge in [-0.15, -0.1) is 11.8 Å². The normalized spacial score (nSPS) is 11.8. The van der Waals surface area contributed by atoms with Crippen molar-refractivity contribution in [2.24, 2.45) is 0 Å². The molecule has 0 fully saturated rings. The van der Waals surface area contributed by atoms with E-state index >= 15 is 0 Å². The van der Waals surface area contributed by atoms with Crippen molar-refractivity contribution in [3.63, 3.8) is 0 Å². The number of sulfonamides is 1. The highest BCUT2D eigenvalue weighted by atomic mass is 32.2. The molecule has 1 atom stereocenters. The number of ether oxygens (including phenoxy) is 2. The lowest BCUT2D eigenvalue weighted by Crippen LogP contribution is -2.50. The summed E-state index contributed by atoms with van der Waals surface area (Å²) < 4.78 is 39.7. The van der Waals surface area contributed by atoms with Crippen LogP contribution in [0.3, 0.4) is 0 Å². The van der Waals surface area contributed by atoms with Crippen LogP contribution in [-0.4, -0.2) is 64.7 Å². The smallest absolute Gasteiger partial charge is 0.264 e. The predicted molar refractivity (Wildman–Crippen MR) is 157 cm³/mol. The van der Waals surface area contributed by atoms with Gasteiger partial charge in [0.2, 0.25) is 11.8 Å². The van der Waals surface area contributed by atoms with Gasteiger partial charge in [0.05, 0.1) is 24.3 Å². The molecule has 0 spiro atoms. The lowest BCUT2D eigenvalue weighted by molar-refractivity contribution is -0.139. The van der Waals surface area contributed by atoms with Crippen LogP contribution in [0.5, 0.6) is 11.5 Å². The first-order chi connectivity index (χ1) is 19.1. The molecule has 214 valence electrons. The Kier molecular flexibility index (Phi) is 10.9. The average molecular weight is 586 g/mol. The Hall–Kier alpha value is -3.70. The van der Waals surface area contributed by atoms with Crippen molar-refractivity contribution in [2.45, 2.75) is 36.2 Å². The van der Waals surface area contributed by atoms with Crippen molar-refractivity contribution in [2.75, 3.05) is 37.9 Å². The standard InChI is InChI=1S/C29H35N3O6S2/c1-6-38-24-12-10-23(11-13-24)32(40(35,36)27-16-14-26(39-5)15-17-27)20-28(33)31(21(2)29(34)30-3)19-22-8-7-9-25(18-22)37-4/h7-18,21H,6,19-20H2,1-5H3,(H,30,34). The van der Waals surface area contributed by atoms with E-state index in [9.17, 15) is 18.0 Å². The summed E-state index contributed by atoms with van der Waals surface area (Å²) in [6.07, 6.45) is 1.90. The van der Waals surface area contributed by atoms with Gasteiger partial charge in [0.25, 0.3) is 10.0 Å². The number of methoxy groups -OCH3 is 1. The number of hydrogen-bond donors (Lipinski definition) is 1. The second-order valence-corrected chi connectivity index (χ2v) is 11.5. The van der Waals surface area contributed by atoms with Crippen molar-refractivity contribution in [3.8, 4) is 11.5 Å². The maximum atomic E-state index is 13.9. The maximum absolute atomic E-state index is 13.9. The Morgan fingerprint density at radius 3 is 2.25 bits per heavy atom. The maximum Gasteiger partial charge on any atom is 0.264 e. The van der Waals surface area contributed by atoms with Crippen LogP contribution in [0.25, 0.3) is 0 Å². The predicted octanol–water partition coefficient (Wildman–Crippen LogP) is 4.17. The Morgan fingerprint density at radius 2 is 1.68 bits per heavy atom. The van der Waals surface area contributed by atoms with Gasteiger partial charge in [0.15, 0.2) is 0 Å². The van der Waals surface area contributed by atoms with Gasteiger partial charge in [-0.2, -0.15) is 0 Å². The molecule has 3 aromatic carbocycles. The first-order valence-corrected chi connectivity index (χ1v) is 15.3. The number of rotatable bonds is 13. The molecule has 0 aromatic heterocycles. The lowest BCUT2D eigenvalue weighted by atomic mass is 10.1. The molecule has 9 nitrogen and oxygen atoms in total. The van der Waals surface area contributed by atoms with Crippen molar-refractivity contribution in [3.05, 3.63) is 78.4 Å². The molecular formula is C29H35N3O6S2. The number of carbonyl (C=O) groups is 2. The molecule has 2 amide bonds. The van der Waals surface area contributed by atoms with Crippen LogP contribution in [0.4, 0.5) is 5.69 Å². The van der Waals surface area contributed by atoms with Crippen molar-refractivity contribution >= 4 is 39.3 Å². The molecule has 0 heterocycles. The van der Waals surface area contributed by atoms with Gasteiger partial charge in [-0.05, 0) is 86.3 Å². The molecule has 0 aliphatic heterocycles. The van der Waals surface area contributed by atoms with Gasteiger partial charge in [-0.1, -0.05) is 12.1 Å². The number of carbonyl (C=O) groups excluding carboxylic acids is 2. The first kappa shape index (κ1) is 30.8. The number of benzene rings is 3. The molecule has 0 aliphatic rings. The minimum absolute atomic E-state index is 0.0469.